The molecule has 1 N–H and O–H groups in total. The molecule has 1 aliphatic carbocycles. The van der Waals surface area contributed by atoms with Crippen molar-refractivity contribution < 1.29 is 19.4 Å². The third-order valence-electron chi connectivity index (χ3n) is 6.52. The number of carbonyl (C=O) groups excluding carboxylic acids is 1. The van der Waals surface area contributed by atoms with Gasteiger partial charge in [-0.05, 0) is 38.0 Å². The monoisotopic (exact) mass is 438 g/mol. The predicted octanol–water partition coefficient (Wildman–Crippen LogP) is 6.92. The van der Waals surface area contributed by atoms with Gasteiger partial charge in [0.05, 0.1) is 11.0 Å². The molecule has 1 heterocycles. The minimum absolute atomic E-state index is 0.0248. The largest absolute Gasteiger partial charge is 0.481 e. The van der Waals surface area contributed by atoms with Gasteiger partial charge >= 0.3 is 11.9 Å². The van der Waals surface area contributed by atoms with E-state index in [9.17, 15) is 9.59 Å². The minimum Gasteiger partial charge on any atom is -0.481 e. The first-order chi connectivity index (χ1) is 14.6. The number of carbonyl (C=O) groups is 2. The lowest BCUT2D eigenvalue weighted by Crippen LogP contribution is -2.44. The Morgan fingerprint density at radius 1 is 1.00 bits per heavy atom. The van der Waals surface area contributed by atoms with Crippen molar-refractivity contribution in [2.24, 2.45) is 5.92 Å². The summed E-state index contributed by atoms with van der Waals surface area (Å²) in [5, 5.41) is 9.14. The molecule has 1 aliphatic heterocycles. The van der Waals surface area contributed by atoms with E-state index in [1.54, 1.807) is 0 Å². The van der Waals surface area contributed by atoms with Gasteiger partial charge in [-0.3, -0.25) is 9.59 Å². The van der Waals surface area contributed by atoms with Crippen LogP contribution in [0, 0.1) is 5.92 Å². The molecule has 3 atom stereocenters. The summed E-state index contributed by atoms with van der Waals surface area (Å²) in [6, 6.07) is 0. The molecule has 2 fully saturated rings. The van der Waals surface area contributed by atoms with Crippen molar-refractivity contribution >= 4 is 23.7 Å². The van der Waals surface area contributed by atoms with Crippen molar-refractivity contribution in [3.63, 3.8) is 0 Å². The van der Waals surface area contributed by atoms with Crippen molar-refractivity contribution in [2.75, 3.05) is 5.75 Å². The summed E-state index contributed by atoms with van der Waals surface area (Å²) in [6.07, 6.45) is 21.5. The molecule has 0 aromatic heterocycles. The van der Waals surface area contributed by atoms with E-state index in [4.69, 9.17) is 9.84 Å². The molecule has 0 amide bonds. The van der Waals surface area contributed by atoms with Gasteiger partial charge in [-0.2, -0.15) is 0 Å². The van der Waals surface area contributed by atoms with E-state index in [0.717, 1.165) is 25.7 Å². The SMILES string of the molecule is CCCCCCCCCCCCC/C=C1\CCC2CCC(=O)OC2C1SCC(=O)O. The summed E-state index contributed by atoms with van der Waals surface area (Å²) in [5.74, 6) is -0.452. The average Bonchev–Trinajstić information content (AvgIpc) is 2.73. The van der Waals surface area contributed by atoms with E-state index >= 15 is 0 Å². The Morgan fingerprint density at radius 2 is 1.60 bits per heavy atom. The molecule has 4 nitrogen and oxygen atoms in total. The van der Waals surface area contributed by atoms with E-state index in [2.05, 4.69) is 13.0 Å². The van der Waals surface area contributed by atoms with Crippen LogP contribution in [0.5, 0.6) is 0 Å². The highest BCUT2D eigenvalue weighted by Gasteiger charge is 2.41. The zero-order valence-electron chi connectivity index (χ0n) is 18.9. The van der Waals surface area contributed by atoms with Gasteiger partial charge < -0.3 is 9.84 Å². The number of aliphatic carboxylic acids is 1. The molecule has 0 aromatic carbocycles. The van der Waals surface area contributed by atoms with Crippen LogP contribution in [0.4, 0.5) is 0 Å². The summed E-state index contributed by atoms with van der Waals surface area (Å²) in [7, 11) is 0. The first-order valence-corrected chi connectivity index (χ1v) is 13.4. The fraction of sp³-hybridized carbons (Fsp3) is 0.840. The Bertz CT molecular complexity index is 545. The highest BCUT2D eigenvalue weighted by molar-refractivity contribution is 8.00. The van der Waals surface area contributed by atoms with Gasteiger partial charge in [0.25, 0.3) is 0 Å². The summed E-state index contributed by atoms with van der Waals surface area (Å²) >= 11 is 1.44. The number of rotatable bonds is 15. The first-order valence-electron chi connectivity index (χ1n) is 12.3. The van der Waals surface area contributed by atoms with Gasteiger partial charge in [-0.1, -0.05) is 82.8 Å². The molecule has 172 valence electrons. The molecule has 2 aliphatic rings. The maximum atomic E-state index is 11.8. The molecule has 2 rings (SSSR count). The zero-order chi connectivity index (χ0) is 21.6. The van der Waals surface area contributed by atoms with Crippen LogP contribution in [0.25, 0.3) is 0 Å². The number of hydrogen-bond acceptors (Lipinski definition) is 4. The molecule has 1 saturated heterocycles. The van der Waals surface area contributed by atoms with Crippen molar-refractivity contribution in [3.8, 4) is 0 Å². The normalized spacial score (nSPS) is 25.2. The lowest BCUT2D eigenvalue weighted by atomic mass is 9.78. The summed E-state index contributed by atoms with van der Waals surface area (Å²) in [5.41, 5.74) is 1.31. The maximum absolute atomic E-state index is 11.8. The lowest BCUT2D eigenvalue weighted by Gasteiger charge is -2.41. The van der Waals surface area contributed by atoms with Crippen molar-refractivity contribution in [2.45, 2.75) is 121 Å². The molecule has 5 heteroatoms. The summed E-state index contributed by atoms with van der Waals surface area (Å²) in [4.78, 5) is 22.9. The minimum atomic E-state index is -0.797. The zero-order valence-corrected chi connectivity index (χ0v) is 19.7. The lowest BCUT2D eigenvalue weighted by molar-refractivity contribution is -0.158. The Kier molecular flexibility index (Phi) is 12.6. The van der Waals surface area contributed by atoms with Gasteiger partial charge in [0.1, 0.15) is 6.10 Å². The molecule has 3 unspecified atom stereocenters. The van der Waals surface area contributed by atoms with Gasteiger partial charge in [-0.15, -0.1) is 11.8 Å². The number of carboxylic acids is 1. The molecule has 0 spiro atoms. The fourth-order valence-electron chi connectivity index (χ4n) is 4.77. The Labute approximate surface area is 187 Å². The van der Waals surface area contributed by atoms with Crippen molar-refractivity contribution in [1.82, 2.24) is 0 Å². The quantitative estimate of drug-likeness (QED) is 0.171. The number of hydrogen-bond donors (Lipinski definition) is 1. The van der Waals surface area contributed by atoms with E-state index in [1.165, 1.54) is 88.0 Å². The number of fused-ring (bicyclic) bond motifs is 1. The van der Waals surface area contributed by atoms with E-state index < -0.39 is 5.97 Å². The number of esters is 1. The van der Waals surface area contributed by atoms with Gasteiger partial charge in [0.2, 0.25) is 0 Å². The highest BCUT2D eigenvalue weighted by atomic mass is 32.2. The fourth-order valence-corrected chi connectivity index (χ4v) is 5.99. The smallest absolute Gasteiger partial charge is 0.313 e. The Morgan fingerprint density at radius 3 is 2.23 bits per heavy atom. The number of carboxylic acid groups (broad SMARTS) is 1. The molecule has 30 heavy (non-hydrogen) atoms. The number of allylic oxidation sites excluding steroid dienone is 1. The number of unbranched alkanes of at least 4 members (excludes halogenated alkanes) is 11. The third kappa shape index (κ3) is 9.45. The highest BCUT2D eigenvalue weighted by Crippen LogP contribution is 2.42. The van der Waals surface area contributed by atoms with Gasteiger partial charge in [-0.25, -0.2) is 0 Å². The second-order valence-corrected chi connectivity index (χ2v) is 10.2. The van der Waals surface area contributed by atoms with Crippen LogP contribution in [-0.4, -0.2) is 34.2 Å². The maximum Gasteiger partial charge on any atom is 0.313 e. The number of ether oxygens (including phenoxy) is 1. The molecular formula is C25H42O4S. The van der Waals surface area contributed by atoms with Crippen LogP contribution in [0.1, 0.15) is 110 Å². The van der Waals surface area contributed by atoms with Crippen molar-refractivity contribution in [3.05, 3.63) is 11.6 Å². The first kappa shape index (κ1) is 25.3. The number of thioether (sulfide) groups is 1. The summed E-state index contributed by atoms with van der Waals surface area (Å²) in [6.45, 7) is 2.26. The topological polar surface area (TPSA) is 63.6 Å². The third-order valence-corrected chi connectivity index (χ3v) is 7.86. The molecule has 1 saturated carbocycles. The standard InChI is InChI=1S/C25H42O4S/c1-2-3-4-5-6-7-8-9-10-11-12-13-14-21-16-15-20-17-18-23(28)29-24(20)25(21)30-19-22(26)27/h14,20,24-25H,2-13,15-19H2,1H3,(H,26,27)/b21-14+. The molecule has 0 bridgehead atoms. The van der Waals surface area contributed by atoms with Crippen molar-refractivity contribution in [1.29, 1.82) is 0 Å². The van der Waals surface area contributed by atoms with Crippen LogP contribution < -0.4 is 0 Å². The predicted molar refractivity (Wildman–Crippen MR) is 125 cm³/mol. The molecule has 0 aromatic rings. The Hall–Kier alpha value is -0.970. The summed E-state index contributed by atoms with van der Waals surface area (Å²) < 4.78 is 5.69. The van der Waals surface area contributed by atoms with Crippen LogP contribution in [0.3, 0.4) is 0 Å². The van der Waals surface area contributed by atoms with Crippen LogP contribution in [0.15, 0.2) is 11.6 Å². The van der Waals surface area contributed by atoms with Crippen LogP contribution in [-0.2, 0) is 14.3 Å². The average molecular weight is 439 g/mol. The van der Waals surface area contributed by atoms with Crippen LogP contribution >= 0.6 is 11.8 Å². The molecule has 0 radical (unpaired) electrons. The molecular weight excluding hydrogens is 396 g/mol. The Balaban J connectivity index is 1.67. The second kappa shape index (κ2) is 14.9. The van der Waals surface area contributed by atoms with E-state index in [-0.39, 0.29) is 23.1 Å². The van der Waals surface area contributed by atoms with Crippen LogP contribution in [0.2, 0.25) is 0 Å². The van der Waals surface area contributed by atoms with E-state index in [0.29, 0.717) is 12.3 Å². The second-order valence-electron chi connectivity index (χ2n) is 9.02. The van der Waals surface area contributed by atoms with Gasteiger partial charge in [0, 0.05) is 6.42 Å². The van der Waals surface area contributed by atoms with Gasteiger partial charge in [0.15, 0.2) is 0 Å². The van der Waals surface area contributed by atoms with E-state index in [1.807, 2.05) is 0 Å².